The lowest BCUT2D eigenvalue weighted by Gasteiger charge is -2.18. The van der Waals surface area contributed by atoms with E-state index >= 15 is 0 Å². The molecule has 99 valence electrons. The van der Waals surface area contributed by atoms with Gasteiger partial charge in [0.05, 0.1) is 0 Å². The van der Waals surface area contributed by atoms with Crippen molar-refractivity contribution in [1.29, 1.82) is 0 Å². The van der Waals surface area contributed by atoms with E-state index in [4.69, 9.17) is 0 Å². The third kappa shape index (κ3) is 5.19. The monoisotopic (exact) mass is 245 g/mol. The van der Waals surface area contributed by atoms with E-state index in [2.05, 4.69) is 40.5 Å². The third-order valence-electron chi connectivity index (χ3n) is 3.65. The quantitative estimate of drug-likeness (QED) is 0.704. The van der Waals surface area contributed by atoms with E-state index in [1.54, 1.807) is 0 Å². The average molecular weight is 245 g/mol. The van der Waals surface area contributed by atoms with Crippen molar-refractivity contribution >= 4 is 0 Å². The van der Waals surface area contributed by atoms with Crippen molar-refractivity contribution in [2.45, 2.75) is 32.1 Å². The number of benzene rings is 1. The summed E-state index contributed by atoms with van der Waals surface area (Å²) < 4.78 is 0. The molecule has 1 aliphatic heterocycles. The van der Waals surface area contributed by atoms with Gasteiger partial charge in [-0.25, -0.2) is 5.32 Å². The van der Waals surface area contributed by atoms with E-state index < -0.39 is 0 Å². The highest BCUT2D eigenvalue weighted by Gasteiger charge is 2.07. The van der Waals surface area contributed by atoms with Crippen LogP contribution in [0.15, 0.2) is 30.3 Å². The van der Waals surface area contributed by atoms with Crippen LogP contribution >= 0.6 is 0 Å². The van der Waals surface area contributed by atoms with Gasteiger partial charge in [-0.1, -0.05) is 36.8 Å². The molecule has 1 aliphatic rings. The second-order valence-electron chi connectivity index (χ2n) is 5.16. The van der Waals surface area contributed by atoms with Gasteiger partial charge in [0.15, 0.2) is 0 Å². The van der Waals surface area contributed by atoms with Crippen LogP contribution in [0.2, 0.25) is 0 Å². The van der Waals surface area contributed by atoms with Gasteiger partial charge in [-0.2, -0.15) is 0 Å². The molecule has 0 saturated carbocycles. The molecular formula is C16H25N2. The first-order chi connectivity index (χ1) is 8.95. The molecule has 2 heteroatoms. The number of hydrogen-bond donors (Lipinski definition) is 0. The molecule has 0 amide bonds. The summed E-state index contributed by atoms with van der Waals surface area (Å²) in [5.41, 5.74) is 1.48. The largest absolute Gasteiger partial charge is 0.302 e. The normalized spacial score (nSPS) is 17.6. The van der Waals surface area contributed by atoms with Crippen molar-refractivity contribution in [2.24, 2.45) is 0 Å². The molecule has 1 fully saturated rings. The summed E-state index contributed by atoms with van der Waals surface area (Å²) in [5, 5.41) is 4.46. The van der Waals surface area contributed by atoms with E-state index in [0.717, 1.165) is 13.1 Å². The van der Waals surface area contributed by atoms with E-state index in [1.165, 1.54) is 57.3 Å². The molecule has 2 rings (SSSR count). The van der Waals surface area contributed by atoms with Crippen molar-refractivity contribution in [2.75, 3.05) is 32.7 Å². The Labute approximate surface area is 111 Å². The van der Waals surface area contributed by atoms with Crippen LogP contribution in [0.1, 0.15) is 31.2 Å². The predicted octanol–water partition coefficient (Wildman–Crippen LogP) is 2.71. The van der Waals surface area contributed by atoms with Gasteiger partial charge in [0, 0.05) is 19.6 Å². The van der Waals surface area contributed by atoms with Gasteiger partial charge >= 0.3 is 0 Å². The lowest BCUT2D eigenvalue weighted by molar-refractivity contribution is 0.285. The molecule has 1 saturated heterocycles. The van der Waals surface area contributed by atoms with E-state index in [1.807, 2.05) is 0 Å². The lowest BCUT2D eigenvalue weighted by Crippen LogP contribution is -2.28. The Morgan fingerprint density at radius 1 is 0.944 bits per heavy atom. The highest BCUT2D eigenvalue weighted by atomic mass is 15.1. The highest BCUT2D eigenvalue weighted by molar-refractivity contribution is 5.14. The maximum absolute atomic E-state index is 4.46. The number of unbranched alkanes of at least 4 members (excludes halogenated alkanes) is 2. The summed E-state index contributed by atoms with van der Waals surface area (Å²) in [6, 6.07) is 10.8. The van der Waals surface area contributed by atoms with Crippen molar-refractivity contribution in [3.05, 3.63) is 35.9 Å². The maximum atomic E-state index is 4.46. The summed E-state index contributed by atoms with van der Waals surface area (Å²) in [6.45, 7) is 5.82. The van der Waals surface area contributed by atoms with Crippen LogP contribution in [-0.2, 0) is 6.42 Å². The van der Waals surface area contributed by atoms with E-state index in [0.29, 0.717) is 0 Å². The van der Waals surface area contributed by atoms with Crippen LogP contribution in [0.4, 0.5) is 0 Å². The van der Waals surface area contributed by atoms with Gasteiger partial charge in [0.2, 0.25) is 0 Å². The van der Waals surface area contributed by atoms with Gasteiger partial charge in [0.1, 0.15) is 0 Å². The molecule has 2 nitrogen and oxygen atoms in total. The van der Waals surface area contributed by atoms with Crippen molar-refractivity contribution in [3.8, 4) is 0 Å². The molecule has 0 atom stereocenters. The Kier molecular flexibility index (Phi) is 6.24. The molecule has 0 aliphatic carbocycles. The summed E-state index contributed by atoms with van der Waals surface area (Å²) in [4.78, 5) is 2.58. The Balaban J connectivity index is 1.53. The molecule has 1 heterocycles. The molecule has 0 bridgehead atoms. The van der Waals surface area contributed by atoms with Gasteiger partial charge in [-0.3, -0.25) is 0 Å². The van der Waals surface area contributed by atoms with Crippen molar-refractivity contribution in [1.82, 2.24) is 10.2 Å². The second kappa shape index (κ2) is 8.28. The van der Waals surface area contributed by atoms with Crippen LogP contribution in [0.5, 0.6) is 0 Å². The SMILES string of the molecule is c1ccc(CCCCCN2CCC[N]CC2)cc1. The summed E-state index contributed by atoms with van der Waals surface area (Å²) in [6.07, 6.45) is 6.50. The molecule has 0 N–H and O–H groups in total. The summed E-state index contributed by atoms with van der Waals surface area (Å²) in [5.74, 6) is 0. The molecule has 0 spiro atoms. The Morgan fingerprint density at radius 2 is 1.83 bits per heavy atom. The van der Waals surface area contributed by atoms with Gasteiger partial charge in [-0.05, 0) is 44.3 Å². The zero-order valence-electron chi connectivity index (χ0n) is 11.4. The smallest absolute Gasteiger partial charge is 0.0261 e. The summed E-state index contributed by atoms with van der Waals surface area (Å²) >= 11 is 0. The molecular weight excluding hydrogens is 220 g/mol. The first-order valence-electron chi connectivity index (χ1n) is 7.35. The maximum Gasteiger partial charge on any atom is 0.0261 e. The van der Waals surface area contributed by atoms with Gasteiger partial charge in [0.25, 0.3) is 0 Å². The molecule has 0 aromatic heterocycles. The minimum Gasteiger partial charge on any atom is -0.302 e. The molecule has 18 heavy (non-hydrogen) atoms. The molecule has 1 radical (unpaired) electrons. The average Bonchev–Trinajstić information content (AvgIpc) is 2.68. The minimum absolute atomic E-state index is 1.05. The van der Waals surface area contributed by atoms with Crippen LogP contribution in [0.3, 0.4) is 0 Å². The molecule has 0 unspecified atom stereocenters. The van der Waals surface area contributed by atoms with Crippen LogP contribution in [0.25, 0.3) is 0 Å². The van der Waals surface area contributed by atoms with E-state index in [9.17, 15) is 0 Å². The van der Waals surface area contributed by atoms with Gasteiger partial charge < -0.3 is 4.90 Å². The Morgan fingerprint density at radius 3 is 2.72 bits per heavy atom. The number of aryl methyl sites for hydroxylation is 1. The first kappa shape index (κ1) is 13.6. The fourth-order valence-corrected chi connectivity index (χ4v) is 2.55. The molecule has 1 aromatic rings. The number of nitrogens with zero attached hydrogens (tertiary/aromatic N) is 2. The topological polar surface area (TPSA) is 17.3 Å². The van der Waals surface area contributed by atoms with Gasteiger partial charge in [-0.15, -0.1) is 0 Å². The Hall–Kier alpha value is -0.860. The predicted molar refractivity (Wildman–Crippen MR) is 76.9 cm³/mol. The standard InChI is InChI=1S/C16H25N2/c1-3-8-16(9-4-1)10-5-2-6-13-18-14-7-11-17-12-15-18/h1,3-4,8-9H,2,5-7,10-15H2. The minimum atomic E-state index is 1.05. The first-order valence-corrected chi connectivity index (χ1v) is 7.35. The number of hydrogen-bond acceptors (Lipinski definition) is 1. The van der Waals surface area contributed by atoms with Crippen molar-refractivity contribution < 1.29 is 0 Å². The fourth-order valence-electron chi connectivity index (χ4n) is 2.55. The van der Waals surface area contributed by atoms with Crippen molar-refractivity contribution in [3.63, 3.8) is 0 Å². The Bertz CT molecular complexity index is 302. The highest BCUT2D eigenvalue weighted by Crippen LogP contribution is 2.07. The van der Waals surface area contributed by atoms with Crippen LogP contribution < -0.4 is 5.32 Å². The molecule has 1 aromatic carbocycles. The second-order valence-corrected chi connectivity index (χ2v) is 5.16. The zero-order valence-corrected chi connectivity index (χ0v) is 11.4. The van der Waals surface area contributed by atoms with Crippen LogP contribution in [0, 0.1) is 0 Å². The lowest BCUT2D eigenvalue weighted by atomic mass is 10.1. The third-order valence-corrected chi connectivity index (χ3v) is 3.65. The number of rotatable bonds is 6. The van der Waals surface area contributed by atoms with Crippen LogP contribution in [-0.4, -0.2) is 37.6 Å². The van der Waals surface area contributed by atoms with E-state index in [-0.39, 0.29) is 0 Å². The fraction of sp³-hybridized carbons (Fsp3) is 0.625. The summed E-state index contributed by atoms with van der Waals surface area (Å²) in [7, 11) is 0. The zero-order chi connectivity index (χ0) is 12.5.